The molecule has 27 heavy (non-hydrogen) atoms. The van der Waals surface area contributed by atoms with Crippen molar-refractivity contribution in [1.29, 1.82) is 0 Å². The Morgan fingerprint density at radius 1 is 1.22 bits per heavy atom. The van der Waals surface area contributed by atoms with Crippen molar-refractivity contribution in [3.05, 3.63) is 59.4 Å². The summed E-state index contributed by atoms with van der Waals surface area (Å²) in [6, 6.07) is 13.4. The third-order valence-electron chi connectivity index (χ3n) is 3.78. The molecule has 0 saturated heterocycles. The molecule has 0 atom stereocenters. The average molecular weight is 380 g/mol. The van der Waals surface area contributed by atoms with Crippen molar-refractivity contribution in [1.82, 2.24) is 19.6 Å². The highest BCUT2D eigenvalue weighted by Gasteiger charge is 2.21. The van der Waals surface area contributed by atoms with Crippen molar-refractivity contribution in [3.63, 3.8) is 0 Å². The number of esters is 1. The molecule has 0 aliphatic heterocycles. The van der Waals surface area contributed by atoms with Gasteiger partial charge in [0, 0.05) is 22.7 Å². The van der Waals surface area contributed by atoms with Gasteiger partial charge in [-0.15, -0.1) is 11.3 Å². The predicted molar refractivity (Wildman–Crippen MR) is 101 cm³/mol. The number of hydrogen-bond acceptors (Lipinski definition) is 7. The monoisotopic (exact) mass is 380 g/mol. The predicted octanol–water partition coefficient (Wildman–Crippen LogP) is 4.13. The molecule has 0 spiro atoms. The summed E-state index contributed by atoms with van der Waals surface area (Å²) in [5.74, 6) is 0.860. The van der Waals surface area contributed by atoms with Gasteiger partial charge in [0.15, 0.2) is 10.6 Å². The summed E-state index contributed by atoms with van der Waals surface area (Å²) in [6.07, 6.45) is 1.41. The van der Waals surface area contributed by atoms with Gasteiger partial charge in [0.2, 0.25) is 5.88 Å². The number of hydrogen-bond donors (Lipinski definition) is 0. The van der Waals surface area contributed by atoms with Crippen molar-refractivity contribution >= 4 is 23.1 Å². The molecular weight excluding hydrogens is 364 g/mol. The molecule has 8 heteroatoms. The topological polar surface area (TPSA) is 78.6 Å². The van der Waals surface area contributed by atoms with E-state index < -0.39 is 5.97 Å². The molecule has 3 aromatic heterocycles. The quantitative estimate of drug-likeness (QED) is 0.485. The van der Waals surface area contributed by atoms with Crippen LogP contribution in [0.15, 0.2) is 48.8 Å². The Balaban J connectivity index is 1.79. The van der Waals surface area contributed by atoms with Gasteiger partial charge in [0.05, 0.1) is 6.61 Å². The Morgan fingerprint density at radius 3 is 2.81 bits per heavy atom. The minimum atomic E-state index is -0.416. The lowest BCUT2D eigenvalue weighted by atomic mass is 10.2. The highest BCUT2D eigenvalue weighted by Crippen LogP contribution is 2.39. The molecule has 0 bridgehead atoms. The first kappa shape index (κ1) is 17.2. The number of carbonyl (C=O) groups excluding carboxylic acids is 1. The normalized spacial score (nSPS) is 10.9. The van der Waals surface area contributed by atoms with Crippen molar-refractivity contribution in [2.45, 2.75) is 13.8 Å². The molecule has 0 aliphatic rings. The molecule has 0 radical (unpaired) electrons. The first-order valence-corrected chi connectivity index (χ1v) is 9.19. The summed E-state index contributed by atoms with van der Waals surface area (Å²) in [4.78, 5) is 22.1. The standard InChI is InChI=1S/C19H16N4O3S/c1-3-25-18(24)17-14(10-15(27-17)13-7-5-4-6-8-13)26-16-9-12(2)22-19-20-11-21-23(16)19/h4-11H,3H2,1-2H3. The van der Waals surface area contributed by atoms with Crippen LogP contribution >= 0.6 is 11.3 Å². The molecule has 4 rings (SSSR count). The first-order valence-electron chi connectivity index (χ1n) is 8.37. The molecule has 3 heterocycles. The summed E-state index contributed by atoms with van der Waals surface area (Å²) in [5.41, 5.74) is 1.74. The number of aryl methyl sites for hydroxylation is 1. The highest BCUT2D eigenvalue weighted by atomic mass is 32.1. The van der Waals surface area contributed by atoms with Crippen LogP contribution in [0.3, 0.4) is 0 Å². The molecule has 1 aromatic carbocycles. The number of nitrogens with zero attached hydrogens (tertiary/aromatic N) is 4. The molecule has 0 aliphatic carbocycles. The van der Waals surface area contributed by atoms with Gasteiger partial charge in [-0.3, -0.25) is 0 Å². The zero-order chi connectivity index (χ0) is 18.8. The van der Waals surface area contributed by atoms with Crippen LogP contribution in [0.5, 0.6) is 11.6 Å². The van der Waals surface area contributed by atoms with E-state index in [1.54, 1.807) is 13.0 Å². The van der Waals surface area contributed by atoms with E-state index in [2.05, 4.69) is 15.1 Å². The van der Waals surface area contributed by atoms with E-state index in [0.29, 0.717) is 28.9 Å². The number of carbonyl (C=O) groups is 1. The Labute approximate surface area is 159 Å². The maximum Gasteiger partial charge on any atom is 0.352 e. The van der Waals surface area contributed by atoms with Crippen LogP contribution in [-0.2, 0) is 4.74 Å². The fraction of sp³-hybridized carbons (Fsp3) is 0.158. The molecule has 136 valence electrons. The third-order valence-corrected chi connectivity index (χ3v) is 4.92. The Hall–Kier alpha value is -3.26. The van der Waals surface area contributed by atoms with Crippen LogP contribution in [0.25, 0.3) is 16.2 Å². The van der Waals surface area contributed by atoms with Crippen LogP contribution in [0.1, 0.15) is 22.3 Å². The first-order chi connectivity index (χ1) is 13.2. The van der Waals surface area contributed by atoms with E-state index in [1.807, 2.05) is 43.3 Å². The fourth-order valence-electron chi connectivity index (χ4n) is 2.62. The molecule has 0 N–H and O–H groups in total. The summed E-state index contributed by atoms with van der Waals surface area (Å²) in [5, 5.41) is 4.14. The van der Waals surface area contributed by atoms with Crippen LogP contribution in [0.4, 0.5) is 0 Å². The summed E-state index contributed by atoms with van der Waals surface area (Å²) in [6.45, 7) is 3.91. The second kappa shape index (κ2) is 7.16. The molecular formula is C19H16N4O3S. The zero-order valence-electron chi connectivity index (χ0n) is 14.7. The average Bonchev–Trinajstić information content (AvgIpc) is 3.29. The van der Waals surface area contributed by atoms with Gasteiger partial charge in [-0.1, -0.05) is 30.3 Å². The lowest BCUT2D eigenvalue weighted by molar-refractivity contribution is 0.0529. The van der Waals surface area contributed by atoms with E-state index in [0.717, 1.165) is 16.1 Å². The van der Waals surface area contributed by atoms with Crippen molar-refractivity contribution < 1.29 is 14.3 Å². The Bertz CT molecular complexity index is 1100. The third kappa shape index (κ3) is 3.39. The minimum absolute atomic E-state index is 0.290. The number of aromatic nitrogens is 4. The lowest BCUT2D eigenvalue weighted by Gasteiger charge is -2.08. The Morgan fingerprint density at radius 2 is 2.04 bits per heavy atom. The van der Waals surface area contributed by atoms with Crippen LogP contribution < -0.4 is 4.74 Å². The second-order valence-electron chi connectivity index (χ2n) is 5.70. The molecule has 0 amide bonds. The van der Waals surface area contributed by atoms with E-state index in [9.17, 15) is 4.79 Å². The van der Waals surface area contributed by atoms with Gasteiger partial charge in [-0.2, -0.15) is 14.6 Å². The van der Waals surface area contributed by atoms with E-state index in [-0.39, 0.29) is 0 Å². The van der Waals surface area contributed by atoms with Crippen molar-refractivity contribution in [3.8, 4) is 22.1 Å². The van der Waals surface area contributed by atoms with E-state index in [1.165, 1.54) is 22.2 Å². The van der Waals surface area contributed by atoms with Gasteiger partial charge in [-0.05, 0) is 19.4 Å². The van der Waals surface area contributed by atoms with Gasteiger partial charge in [0.1, 0.15) is 6.33 Å². The van der Waals surface area contributed by atoms with Crippen molar-refractivity contribution in [2.24, 2.45) is 0 Å². The molecule has 7 nitrogen and oxygen atoms in total. The summed E-state index contributed by atoms with van der Waals surface area (Å²) in [7, 11) is 0. The summed E-state index contributed by atoms with van der Waals surface area (Å²) < 4.78 is 12.7. The maximum atomic E-state index is 12.4. The van der Waals surface area contributed by atoms with Gasteiger partial charge in [0.25, 0.3) is 5.78 Å². The van der Waals surface area contributed by atoms with Crippen LogP contribution in [0.2, 0.25) is 0 Å². The maximum absolute atomic E-state index is 12.4. The number of rotatable bonds is 5. The fourth-order valence-corrected chi connectivity index (χ4v) is 3.60. The van der Waals surface area contributed by atoms with E-state index in [4.69, 9.17) is 9.47 Å². The smallest absolute Gasteiger partial charge is 0.352 e. The zero-order valence-corrected chi connectivity index (χ0v) is 15.6. The van der Waals surface area contributed by atoms with Crippen molar-refractivity contribution in [2.75, 3.05) is 6.61 Å². The number of ether oxygens (including phenoxy) is 2. The highest BCUT2D eigenvalue weighted by molar-refractivity contribution is 7.17. The molecule has 0 fully saturated rings. The lowest BCUT2D eigenvalue weighted by Crippen LogP contribution is -2.05. The van der Waals surface area contributed by atoms with Gasteiger partial charge < -0.3 is 9.47 Å². The number of benzene rings is 1. The van der Waals surface area contributed by atoms with E-state index >= 15 is 0 Å². The largest absolute Gasteiger partial charge is 0.462 e. The molecule has 0 unspecified atom stereocenters. The Kier molecular flexibility index (Phi) is 4.55. The molecule has 4 aromatic rings. The number of thiophene rings is 1. The molecule has 0 saturated carbocycles. The minimum Gasteiger partial charge on any atom is -0.462 e. The van der Waals surface area contributed by atoms with Gasteiger partial charge >= 0.3 is 5.97 Å². The summed E-state index contributed by atoms with van der Waals surface area (Å²) >= 11 is 1.33. The SMILES string of the molecule is CCOC(=O)c1sc(-c2ccccc2)cc1Oc1cc(C)nc2ncnn12. The number of fused-ring (bicyclic) bond motifs is 1. The second-order valence-corrected chi connectivity index (χ2v) is 6.75. The van der Waals surface area contributed by atoms with Crippen LogP contribution in [-0.4, -0.2) is 32.2 Å². The van der Waals surface area contributed by atoms with Crippen LogP contribution in [0, 0.1) is 6.92 Å². The van der Waals surface area contributed by atoms with Gasteiger partial charge in [-0.25, -0.2) is 9.78 Å².